The van der Waals surface area contributed by atoms with Crippen LogP contribution < -0.4 is 21.1 Å². The molecule has 114 valence electrons. The first-order valence-electron chi connectivity index (χ1n) is 7.11. The Hall–Kier alpha value is -2.24. The molecule has 0 radical (unpaired) electrons. The van der Waals surface area contributed by atoms with Crippen LogP contribution in [-0.2, 0) is 4.79 Å². The van der Waals surface area contributed by atoms with E-state index in [0.717, 1.165) is 12.8 Å². The van der Waals surface area contributed by atoms with Crippen LogP contribution in [0.1, 0.15) is 36.0 Å². The second kappa shape index (κ2) is 6.97. The Morgan fingerprint density at radius 3 is 2.81 bits per heavy atom. The van der Waals surface area contributed by atoms with E-state index < -0.39 is 0 Å². The van der Waals surface area contributed by atoms with Crippen LogP contribution in [0.4, 0.5) is 5.69 Å². The number of hydrogen-bond acceptors (Lipinski definition) is 4. The summed E-state index contributed by atoms with van der Waals surface area (Å²) in [5.41, 5.74) is 6.63. The molecule has 0 bridgehead atoms. The van der Waals surface area contributed by atoms with E-state index in [4.69, 9.17) is 10.5 Å². The lowest BCUT2D eigenvalue weighted by molar-refractivity contribution is -0.121. The summed E-state index contributed by atoms with van der Waals surface area (Å²) < 4.78 is 5.14. The molecule has 1 aromatic rings. The second-order valence-electron chi connectivity index (χ2n) is 5.16. The number of ether oxygens (including phenoxy) is 1. The van der Waals surface area contributed by atoms with Gasteiger partial charge in [0, 0.05) is 30.8 Å². The molecule has 1 fully saturated rings. The van der Waals surface area contributed by atoms with Crippen LogP contribution in [0.2, 0.25) is 0 Å². The van der Waals surface area contributed by atoms with Crippen molar-refractivity contribution < 1.29 is 14.3 Å². The monoisotopic (exact) mass is 291 g/mol. The molecule has 0 aliphatic heterocycles. The maximum atomic E-state index is 12.0. The minimum atomic E-state index is -0.227. The molecule has 4 N–H and O–H groups in total. The standard InChI is InChI=1S/C15H21N3O3/c1-21-13-9-10(16)4-7-12(13)15(20)17-8-2-3-14(19)18-11-5-6-11/h4,7,9,11H,2-3,5-6,8,16H2,1H3,(H,17,20)(H,18,19). The van der Waals surface area contributed by atoms with Crippen LogP contribution in [0.25, 0.3) is 0 Å². The van der Waals surface area contributed by atoms with Crippen LogP contribution in [-0.4, -0.2) is 31.5 Å². The van der Waals surface area contributed by atoms with E-state index in [9.17, 15) is 9.59 Å². The Balaban J connectivity index is 1.75. The second-order valence-corrected chi connectivity index (χ2v) is 5.16. The molecule has 21 heavy (non-hydrogen) atoms. The highest BCUT2D eigenvalue weighted by molar-refractivity contribution is 5.97. The molecule has 2 amide bonds. The van der Waals surface area contributed by atoms with E-state index in [1.54, 1.807) is 18.2 Å². The van der Waals surface area contributed by atoms with Crippen molar-refractivity contribution >= 4 is 17.5 Å². The van der Waals surface area contributed by atoms with Gasteiger partial charge in [-0.15, -0.1) is 0 Å². The largest absolute Gasteiger partial charge is 0.496 e. The third-order valence-electron chi connectivity index (χ3n) is 3.28. The summed E-state index contributed by atoms with van der Waals surface area (Å²) in [6.45, 7) is 0.449. The Labute approximate surface area is 124 Å². The summed E-state index contributed by atoms with van der Waals surface area (Å²) in [5.74, 6) is 0.269. The molecule has 0 aromatic heterocycles. The van der Waals surface area contributed by atoms with Gasteiger partial charge in [0.15, 0.2) is 0 Å². The molecule has 6 heteroatoms. The van der Waals surface area contributed by atoms with Crippen LogP contribution in [0, 0.1) is 0 Å². The van der Waals surface area contributed by atoms with Crippen molar-refractivity contribution in [2.75, 3.05) is 19.4 Å². The van der Waals surface area contributed by atoms with Crippen molar-refractivity contribution in [1.82, 2.24) is 10.6 Å². The van der Waals surface area contributed by atoms with Gasteiger partial charge in [-0.25, -0.2) is 0 Å². The van der Waals surface area contributed by atoms with E-state index in [0.29, 0.717) is 42.4 Å². The molecule has 1 saturated carbocycles. The van der Waals surface area contributed by atoms with Crippen LogP contribution in [0.5, 0.6) is 5.75 Å². The van der Waals surface area contributed by atoms with Crippen molar-refractivity contribution in [3.8, 4) is 5.75 Å². The number of benzene rings is 1. The predicted octanol–water partition coefficient (Wildman–Crippen LogP) is 1.07. The van der Waals surface area contributed by atoms with E-state index in [1.807, 2.05) is 0 Å². The topological polar surface area (TPSA) is 93.4 Å². The normalized spacial score (nSPS) is 13.6. The molecule has 1 aliphatic rings. The van der Waals surface area contributed by atoms with Crippen molar-refractivity contribution in [2.24, 2.45) is 0 Å². The molecule has 0 spiro atoms. The lowest BCUT2D eigenvalue weighted by atomic mass is 10.1. The van der Waals surface area contributed by atoms with Crippen molar-refractivity contribution in [3.05, 3.63) is 23.8 Å². The first-order valence-corrected chi connectivity index (χ1v) is 7.11. The summed E-state index contributed by atoms with van der Waals surface area (Å²) >= 11 is 0. The average molecular weight is 291 g/mol. The van der Waals surface area contributed by atoms with Crippen LogP contribution >= 0.6 is 0 Å². The zero-order valence-corrected chi connectivity index (χ0v) is 12.1. The Bertz CT molecular complexity index is 527. The van der Waals surface area contributed by atoms with Crippen molar-refractivity contribution in [2.45, 2.75) is 31.7 Å². The number of carbonyl (C=O) groups is 2. The molecule has 2 rings (SSSR count). The zero-order valence-electron chi connectivity index (χ0n) is 12.1. The molecule has 0 heterocycles. The van der Waals surface area contributed by atoms with Gasteiger partial charge in [0.05, 0.1) is 12.7 Å². The number of amides is 2. The first-order chi connectivity index (χ1) is 10.1. The van der Waals surface area contributed by atoms with Gasteiger partial charge in [-0.05, 0) is 31.4 Å². The van der Waals surface area contributed by atoms with E-state index in [2.05, 4.69) is 10.6 Å². The molecule has 0 unspecified atom stereocenters. The maximum Gasteiger partial charge on any atom is 0.255 e. The molecule has 0 atom stereocenters. The van der Waals surface area contributed by atoms with Gasteiger partial charge < -0.3 is 21.1 Å². The third kappa shape index (κ3) is 4.66. The van der Waals surface area contributed by atoms with E-state index >= 15 is 0 Å². The summed E-state index contributed by atoms with van der Waals surface area (Å²) in [6.07, 6.45) is 3.20. The fraction of sp³-hybridized carbons (Fsp3) is 0.467. The van der Waals surface area contributed by atoms with Gasteiger partial charge in [0.25, 0.3) is 5.91 Å². The minimum Gasteiger partial charge on any atom is -0.496 e. The summed E-state index contributed by atoms with van der Waals surface area (Å²) in [4.78, 5) is 23.5. The molecular formula is C15H21N3O3. The highest BCUT2D eigenvalue weighted by Crippen LogP contribution is 2.21. The number of rotatable bonds is 7. The van der Waals surface area contributed by atoms with Crippen molar-refractivity contribution in [1.29, 1.82) is 0 Å². The third-order valence-corrected chi connectivity index (χ3v) is 3.28. The summed E-state index contributed by atoms with van der Waals surface area (Å²) in [6, 6.07) is 5.27. The van der Waals surface area contributed by atoms with Crippen LogP contribution in [0.3, 0.4) is 0 Å². The lowest BCUT2D eigenvalue weighted by Crippen LogP contribution is -2.28. The molecule has 6 nitrogen and oxygen atoms in total. The van der Waals surface area contributed by atoms with Gasteiger partial charge >= 0.3 is 0 Å². The molecule has 1 aromatic carbocycles. The van der Waals surface area contributed by atoms with Crippen molar-refractivity contribution in [3.63, 3.8) is 0 Å². The zero-order chi connectivity index (χ0) is 15.2. The van der Waals surface area contributed by atoms with Gasteiger partial charge in [0.1, 0.15) is 5.75 Å². The minimum absolute atomic E-state index is 0.0526. The van der Waals surface area contributed by atoms with Gasteiger partial charge in [-0.2, -0.15) is 0 Å². The number of carbonyl (C=O) groups excluding carboxylic acids is 2. The Morgan fingerprint density at radius 1 is 1.38 bits per heavy atom. The number of nitrogen functional groups attached to an aromatic ring is 1. The van der Waals surface area contributed by atoms with Gasteiger partial charge in [-0.3, -0.25) is 9.59 Å². The van der Waals surface area contributed by atoms with E-state index in [-0.39, 0.29) is 11.8 Å². The SMILES string of the molecule is COc1cc(N)ccc1C(=O)NCCCC(=O)NC1CC1. The average Bonchev–Trinajstić information content (AvgIpc) is 3.27. The lowest BCUT2D eigenvalue weighted by Gasteiger charge is -2.10. The smallest absolute Gasteiger partial charge is 0.255 e. The number of anilines is 1. The Kier molecular flexibility index (Phi) is 5.03. The van der Waals surface area contributed by atoms with Gasteiger partial charge in [-0.1, -0.05) is 0 Å². The molecule has 1 aliphatic carbocycles. The fourth-order valence-electron chi connectivity index (χ4n) is 1.97. The summed E-state index contributed by atoms with van der Waals surface area (Å²) in [5, 5.41) is 5.69. The molecule has 0 saturated heterocycles. The quantitative estimate of drug-likeness (QED) is 0.517. The van der Waals surface area contributed by atoms with Crippen LogP contribution in [0.15, 0.2) is 18.2 Å². The fourth-order valence-corrected chi connectivity index (χ4v) is 1.97. The number of methoxy groups -OCH3 is 1. The highest BCUT2D eigenvalue weighted by atomic mass is 16.5. The molecular weight excluding hydrogens is 270 g/mol. The highest BCUT2D eigenvalue weighted by Gasteiger charge is 2.22. The van der Waals surface area contributed by atoms with E-state index in [1.165, 1.54) is 7.11 Å². The number of hydrogen-bond donors (Lipinski definition) is 3. The Morgan fingerprint density at radius 2 is 2.14 bits per heavy atom. The number of nitrogens with two attached hydrogens (primary N) is 1. The van der Waals surface area contributed by atoms with Gasteiger partial charge in [0.2, 0.25) is 5.91 Å². The predicted molar refractivity (Wildman–Crippen MR) is 80.1 cm³/mol. The first kappa shape index (κ1) is 15.2. The maximum absolute atomic E-state index is 12.0. The number of nitrogens with one attached hydrogen (secondary N) is 2. The summed E-state index contributed by atoms with van der Waals surface area (Å²) in [7, 11) is 1.49.